The van der Waals surface area contributed by atoms with Gasteiger partial charge in [-0.05, 0) is 56.2 Å². The van der Waals surface area contributed by atoms with Gasteiger partial charge in [-0.1, -0.05) is 53.6 Å². The molecule has 0 saturated carbocycles. The summed E-state index contributed by atoms with van der Waals surface area (Å²) in [5, 5.41) is 2.87. The largest absolute Gasteiger partial charge is 0.348 e. The third-order valence-corrected chi connectivity index (χ3v) is 5.99. The van der Waals surface area contributed by atoms with Gasteiger partial charge in [0.05, 0.1) is 10.6 Å². The molecule has 2 N–H and O–H groups in total. The lowest BCUT2D eigenvalue weighted by atomic mass is 10.1. The normalized spacial score (nSPS) is 11.1. The number of carbonyl (C=O) groups is 1. The van der Waals surface area contributed by atoms with Gasteiger partial charge in [0.1, 0.15) is 0 Å². The van der Waals surface area contributed by atoms with Crippen LogP contribution >= 0.6 is 0 Å². The highest BCUT2D eigenvalue weighted by molar-refractivity contribution is 7.92. The molecule has 1 amide bonds. The van der Waals surface area contributed by atoms with Crippen molar-refractivity contribution in [3.05, 3.63) is 94.5 Å². The SMILES string of the molecule is Cc1ccc(S(=O)(=O)Nc2cc(C(=O)NCc3cccc(C)c3)ccc2C)cc1. The fourth-order valence-corrected chi connectivity index (χ4v) is 4.02. The predicted molar refractivity (Wildman–Crippen MR) is 116 cm³/mol. The Morgan fingerprint density at radius 1 is 0.862 bits per heavy atom. The Morgan fingerprint density at radius 2 is 1.59 bits per heavy atom. The molecule has 3 rings (SSSR count). The number of hydrogen-bond donors (Lipinski definition) is 2. The molecule has 0 radical (unpaired) electrons. The second-order valence-corrected chi connectivity index (χ2v) is 8.80. The molecule has 0 fully saturated rings. The summed E-state index contributed by atoms with van der Waals surface area (Å²) in [6.07, 6.45) is 0. The average Bonchev–Trinajstić information content (AvgIpc) is 2.68. The van der Waals surface area contributed by atoms with Crippen molar-refractivity contribution in [3.8, 4) is 0 Å². The molecular weight excluding hydrogens is 384 g/mol. The summed E-state index contributed by atoms with van der Waals surface area (Å²) in [4.78, 5) is 12.7. The Labute approximate surface area is 171 Å². The highest BCUT2D eigenvalue weighted by atomic mass is 32.2. The monoisotopic (exact) mass is 408 g/mol. The lowest BCUT2D eigenvalue weighted by Crippen LogP contribution is -2.23. The minimum absolute atomic E-state index is 0.178. The maximum atomic E-state index is 12.7. The lowest BCUT2D eigenvalue weighted by molar-refractivity contribution is 0.0951. The van der Waals surface area contributed by atoms with Crippen LogP contribution in [-0.2, 0) is 16.6 Å². The van der Waals surface area contributed by atoms with Crippen molar-refractivity contribution in [1.82, 2.24) is 5.32 Å². The zero-order chi connectivity index (χ0) is 21.0. The average molecular weight is 409 g/mol. The zero-order valence-electron chi connectivity index (χ0n) is 16.7. The van der Waals surface area contributed by atoms with Crippen LogP contribution in [0.15, 0.2) is 71.6 Å². The molecule has 0 aliphatic heterocycles. The molecule has 0 unspecified atom stereocenters. The molecule has 3 aromatic carbocycles. The van der Waals surface area contributed by atoms with Crippen LogP contribution in [0.4, 0.5) is 5.69 Å². The summed E-state index contributed by atoms with van der Waals surface area (Å²) in [5.74, 6) is -0.262. The van der Waals surface area contributed by atoms with Crippen LogP contribution in [0, 0.1) is 20.8 Å². The van der Waals surface area contributed by atoms with E-state index in [0.29, 0.717) is 17.8 Å². The number of nitrogens with one attached hydrogen (secondary N) is 2. The highest BCUT2D eigenvalue weighted by Gasteiger charge is 2.16. The van der Waals surface area contributed by atoms with Crippen LogP contribution in [0.5, 0.6) is 0 Å². The van der Waals surface area contributed by atoms with Crippen molar-refractivity contribution < 1.29 is 13.2 Å². The molecule has 6 heteroatoms. The number of anilines is 1. The second kappa shape index (κ2) is 8.49. The molecule has 29 heavy (non-hydrogen) atoms. The lowest BCUT2D eigenvalue weighted by Gasteiger charge is -2.13. The number of aryl methyl sites for hydroxylation is 3. The fourth-order valence-electron chi connectivity index (χ4n) is 2.90. The van der Waals surface area contributed by atoms with Crippen LogP contribution in [0.25, 0.3) is 0 Å². The van der Waals surface area contributed by atoms with Gasteiger partial charge in [0, 0.05) is 12.1 Å². The van der Waals surface area contributed by atoms with Crippen molar-refractivity contribution >= 4 is 21.6 Å². The van der Waals surface area contributed by atoms with Crippen molar-refractivity contribution in [3.63, 3.8) is 0 Å². The van der Waals surface area contributed by atoms with Gasteiger partial charge < -0.3 is 5.32 Å². The Morgan fingerprint density at radius 3 is 2.28 bits per heavy atom. The molecule has 0 aromatic heterocycles. The molecule has 150 valence electrons. The number of sulfonamides is 1. The Bertz CT molecular complexity index is 1140. The van der Waals surface area contributed by atoms with Crippen molar-refractivity contribution in [2.45, 2.75) is 32.2 Å². The van der Waals surface area contributed by atoms with Crippen molar-refractivity contribution in [2.75, 3.05) is 4.72 Å². The van der Waals surface area contributed by atoms with Crippen molar-refractivity contribution in [1.29, 1.82) is 0 Å². The molecule has 3 aromatic rings. The maximum absolute atomic E-state index is 12.7. The minimum atomic E-state index is -3.74. The van der Waals surface area contributed by atoms with E-state index < -0.39 is 10.0 Å². The van der Waals surface area contributed by atoms with Gasteiger partial charge in [-0.2, -0.15) is 0 Å². The maximum Gasteiger partial charge on any atom is 0.261 e. The quantitative estimate of drug-likeness (QED) is 0.637. The van der Waals surface area contributed by atoms with Crippen molar-refractivity contribution in [2.24, 2.45) is 0 Å². The first kappa shape index (κ1) is 20.6. The van der Waals surface area contributed by atoms with E-state index >= 15 is 0 Å². The van der Waals surface area contributed by atoms with E-state index in [1.54, 1.807) is 49.4 Å². The Balaban J connectivity index is 1.76. The summed E-state index contributed by atoms with van der Waals surface area (Å²) in [6.45, 7) is 6.09. The summed E-state index contributed by atoms with van der Waals surface area (Å²) >= 11 is 0. The zero-order valence-corrected chi connectivity index (χ0v) is 17.5. The van der Waals surface area contributed by atoms with Gasteiger partial charge in [0.25, 0.3) is 15.9 Å². The molecule has 0 spiro atoms. The van der Waals surface area contributed by atoms with Crippen LogP contribution < -0.4 is 10.0 Å². The minimum Gasteiger partial charge on any atom is -0.348 e. The topological polar surface area (TPSA) is 75.3 Å². The molecule has 0 heterocycles. The third-order valence-electron chi connectivity index (χ3n) is 4.61. The third kappa shape index (κ3) is 5.23. The first-order valence-corrected chi connectivity index (χ1v) is 10.8. The molecular formula is C23H24N2O3S. The van der Waals surface area contributed by atoms with Crippen LogP contribution in [0.2, 0.25) is 0 Å². The highest BCUT2D eigenvalue weighted by Crippen LogP contribution is 2.22. The first-order chi connectivity index (χ1) is 13.7. The van der Waals surface area contributed by atoms with Gasteiger partial charge in [0.2, 0.25) is 0 Å². The second-order valence-electron chi connectivity index (χ2n) is 7.12. The first-order valence-electron chi connectivity index (χ1n) is 9.28. The van der Waals surface area contributed by atoms with E-state index in [0.717, 1.165) is 22.3 Å². The van der Waals surface area contributed by atoms with E-state index in [9.17, 15) is 13.2 Å². The van der Waals surface area contributed by atoms with Crippen LogP contribution in [0.3, 0.4) is 0 Å². The Kier molecular flexibility index (Phi) is 6.03. The molecule has 0 bridgehead atoms. The smallest absolute Gasteiger partial charge is 0.261 e. The van der Waals surface area contributed by atoms with E-state index in [1.165, 1.54) is 0 Å². The summed E-state index contributed by atoms with van der Waals surface area (Å²) in [5.41, 5.74) is 4.62. The summed E-state index contributed by atoms with van der Waals surface area (Å²) in [7, 11) is -3.74. The van der Waals surface area contributed by atoms with Gasteiger partial charge in [-0.15, -0.1) is 0 Å². The molecule has 0 aliphatic rings. The standard InChI is InChI=1S/C23H24N2O3S/c1-16-7-11-21(12-8-16)29(27,28)25-22-14-20(10-9-18(22)3)23(26)24-15-19-6-4-5-17(2)13-19/h4-14,25H,15H2,1-3H3,(H,24,26). The number of carbonyl (C=O) groups excluding carboxylic acids is 1. The van der Waals surface area contributed by atoms with E-state index in [2.05, 4.69) is 10.0 Å². The molecule has 5 nitrogen and oxygen atoms in total. The Hall–Kier alpha value is -3.12. The number of amides is 1. The molecule has 0 aliphatic carbocycles. The van der Waals surface area contributed by atoms with Crippen LogP contribution in [0.1, 0.15) is 32.6 Å². The molecule has 0 atom stereocenters. The fraction of sp³-hybridized carbons (Fsp3) is 0.174. The van der Waals surface area contributed by atoms with Crippen LogP contribution in [-0.4, -0.2) is 14.3 Å². The van der Waals surface area contributed by atoms with Gasteiger partial charge in [-0.3, -0.25) is 9.52 Å². The molecule has 0 saturated heterocycles. The number of hydrogen-bond acceptors (Lipinski definition) is 3. The van der Waals surface area contributed by atoms with E-state index in [-0.39, 0.29) is 10.8 Å². The summed E-state index contributed by atoms with van der Waals surface area (Å²) < 4.78 is 27.9. The number of rotatable bonds is 6. The number of benzene rings is 3. The summed E-state index contributed by atoms with van der Waals surface area (Å²) in [6, 6.07) is 19.5. The van der Waals surface area contributed by atoms with Gasteiger partial charge >= 0.3 is 0 Å². The van der Waals surface area contributed by atoms with Gasteiger partial charge in [0.15, 0.2) is 0 Å². The predicted octanol–water partition coefficient (Wildman–Crippen LogP) is 4.34. The van der Waals surface area contributed by atoms with E-state index in [1.807, 2.05) is 38.1 Å². The van der Waals surface area contributed by atoms with E-state index in [4.69, 9.17) is 0 Å². The van der Waals surface area contributed by atoms with Gasteiger partial charge in [-0.25, -0.2) is 8.42 Å².